The normalized spacial score (nSPS) is 25.2. The highest BCUT2D eigenvalue weighted by Gasteiger charge is 2.18. The van der Waals surface area contributed by atoms with E-state index in [1.54, 1.807) is 0 Å². The minimum atomic E-state index is -0.169. The van der Waals surface area contributed by atoms with Gasteiger partial charge in [-0.15, -0.1) is 0 Å². The number of allylic oxidation sites excluding steroid dienone is 2. The van der Waals surface area contributed by atoms with Gasteiger partial charge in [0.1, 0.15) is 0 Å². The molecule has 0 bridgehead atoms. The number of hydrogen-bond acceptors (Lipinski definition) is 1. The molecule has 0 spiro atoms. The Morgan fingerprint density at radius 2 is 2.42 bits per heavy atom. The maximum Gasteiger partial charge on any atom is 0.217 e. The van der Waals surface area contributed by atoms with Gasteiger partial charge in [-0.1, -0.05) is 19.1 Å². The van der Waals surface area contributed by atoms with Crippen LogP contribution in [0.5, 0.6) is 0 Å². The largest absolute Gasteiger partial charge is 0.370 e. The van der Waals surface area contributed by atoms with Crippen LogP contribution in [0.4, 0.5) is 0 Å². The molecule has 12 heavy (non-hydrogen) atoms. The van der Waals surface area contributed by atoms with Crippen LogP contribution >= 0.6 is 0 Å². The van der Waals surface area contributed by atoms with E-state index in [4.69, 9.17) is 5.73 Å². The highest BCUT2D eigenvalue weighted by atomic mass is 16.1. The number of amides is 1. The zero-order valence-corrected chi connectivity index (χ0v) is 7.62. The van der Waals surface area contributed by atoms with Crippen LogP contribution in [-0.2, 0) is 4.79 Å². The third-order valence-electron chi connectivity index (χ3n) is 2.64. The maximum atomic E-state index is 10.7. The molecule has 2 atom stereocenters. The molecule has 2 heteroatoms. The summed E-state index contributed by atoms with van der Waals surface area (Å²) in [5, 5.41) is 0. The van der Waals surface area contributed by atoms with Crippen molar-refractivity contribution in [3.05, 3.63) is 12.2 Å². The molecular weight excluding hydrogens is 150 g/mol. The van der Waals surface area contributed by atoms with Crippen molar-refractivity contribution in [1.82, 2.24) is 0 Å². The van der Waals surface area contributed by atoms with Gasteiger partial charge in [0.2, 0.25) is 5.91 Å². The molecule has 2 nitrogen and oxygen atoms in total. The first-order chi connectivity index (χ1) is 5.70. The first-order valence-corrected chi connectivity index (χ1v) is 4.63. The summed E-state index contributed by atoms with van der Waals surface area (Å²) in [5.41, 5.74) is 5.14. The molecule has 0 heterocycles. The molecular formula is C10H17NO. The lowest BCUT2D eigenvalue weighted by molar-refractivity contribution is -0.119. The van der Waals surface area contributed by atoms with Gasteiger partial charge in [0.25, 0.3) is 0 Å². The van der Waals surface area contributed by atoms with Crippen LogP contribution in [0.15, 0.2) is 12.2 Å². The van der Waals surface area contributed by atoms with E-state index < -0.39 is 0 Å². The predicted octanol–water partition coefficient (Wildman–Crippen LogP) is 1.85. The standard InChI is InChI=1S/C10H17NO/c1-8(7-10(11)12)9-5-3-2-4-6-9/h2-3,8-9H,4-7H2,1H3,(H2,11,12). The summed E-state index contributed by atoms with van der Waals surface area (Å²) in [6, 6.07) is 0. The van der Waals surface area contributed by atoms with E-state index in [-0.39, 0.29) is 5.91 Å². The third-order valence-corrected chi connectivity index (χ3v) is 2.64. The predicted molar refractivity (Wildman–Crippen MR) is 49.5 cm³/mol. The number of nitrogens with two attached hydrogens (primary N) is 1. The lowest BCUT2D eigenvalue weighted by Gasteiger charge is -2.23. The summed E-state index contributed by atoms with van der Waals surface area (Å²) in [7, 11) is 0. The first kappa shape index (κ1) is 9.30. The number of hydrogen-bond donors (Lipinski definition) is 1. The van der Waals surface area contributed by atoms with Crippen molar-refractivity contribution in [2.24, 2.45) is 17.6 Å². The van der Waals surface area contributed by atoms with E-state index >= 15 is 0 Å². The van der Waals surface area contributed by atoms with Gasteiger partial charge in [-0.05, 0) is 31.1 Å². The second-order valence-electron chi connectivity index (χ2n) is 3.69. The summed E-state index contributed by atoms with van der Waals surface area (Å²) < 4.78 is 0. The van der Waals surface area contributed by atoms with Crippen molar-refractivity contribution in [1.29, 1.82) is 0 Å². The van der Waals surface area contributed by atoms with Gasteiger partial charge >= 0.3 is 0 Å². The monoisotopic (exact) mass is 167 g/mol. The molecule has 0 aromatic carbocycles. The van der Waals surface area contributed by atoms with Crippen molar-refractivity contribution in [2.75, 3.05) is 0 Å². The van der Waals surface area contributed by atoms with E-state index in [1.165, 1.54) is 6.42 Å². The lowest BCUT2D eigenvalue weighted by atomic mass is 9.82. The average Bonchev–Trinajstić information content (AvgIpc) is 2.05. The molecule has 1 aliphatic carbocycles. The van der Waals surface area contributed by atoms with Crippen molar-refractivity contribution in [3.63, 3.8) is 0 Å². The fourth-order valence-corrected chi connectivity index (χ4v) is 1.82. The summed E-state index contributed by atoms with van der Waals surface area (Å²) >= 11 is 0. The average molecular weight is 167 g/mol. The van der Waals surface area contributed by atoms with Crippen molar-refractivity contribution in [2.45, 2.75) is 32.6 Å². The Morgan fingerprint density at radius 3 is 2.92 bits per heavy atom. The van der Waals surface area contributed by atoms with Crippen molar-refractivity contribution >= 4 is 5.91 Å². The van der Waals surface area contributed by atoms with Crippen LogP contribution in [0.1, 0.15) is 32.6 Å². The Hall–Kier alpha value is -0.790. The number of carbonyl (C=O) groups is 1. The fourth-order valence-electron chi connectivity index (χ4n) is 1.82. The Kier molecular flexibility index (Phi) is 3.32. The van der Waals surface area contributed by atoms with E-state index in [0.29, 0.717) is 18.3 Å². The number of rotatable bonds is 3. The molecule has 0 saturated carbocycles. The summed E-state index contributed by atoms with van der Waals surface area (Å²) in [6.45, 7) is 2.12. The second-order valence-corrected chi connectivity index (χ2v) is 3.69. The van der Waals surface area contributed by atoms with Gasteiger partial charge in [-0.3, -0.25) is 4.79 Å². The lowest BCUT2D eigenvalue weighted by Crippen LogP contribution is -2.21. The quantitative estimate of drug-likeness (QED) is 0.640. The van der Waals surface area contributed by atoms with Crippen LogP contribution in [-0.4, -0.2) is 5.91 Å². The van der Waals surface area contributed by atoms with Crippen LogP contribution in [0.2, 0.25) is 0 Å². The molecule has 2 N–H and O–H groups in total. The van der Waals surface area contributed by atoms with Crippen molar-refractivity contribution < 1.29 is 4.79 Å². The SMILES string of the molecule is CC(CC(N)=O)C1CC=CCC1. The van der Waals surface area contributed by atoms with Crippen LogP contribution in [0.25, 0.3) is 0 Å². The first-order valence-electron chi connectivity index (χ1n) is 4.63. The van der Waals surface area contributed by atoms with E-state index in [9.17, 15) is 4.79 Å². The molecule has 0 aromatic heterocycles. The summed E-state index contributed by atoms with van der Waals surface area (Å²) in [6.07, 6.45) is 8.46. The Morgan fingerprint density at radius 1 is 1.67 bits per heavy atom. The van der Waals surface area contributed by atoms with Gasteiger partial charge < -0.3 is 5.73 Å². The smallest absolute Gasteiger partial charge is 0.217 e. The fraction of sp³-hybridized carbons (Fsp3) is 0.700. The van der Waals surface area contributed by atoms with Gasteiger partial charge in [-0.2, -0.15) is 0 Å². The number of carbonyl (C=O) groups excluding carboxylic acids is 1. The van der Waals surface area contributed by atoms with Crippen LogP contribution < -0.4 is 5.73 Å². The minimum absolute atomic E-state index is 0.169. The highest BCUT2D eigenvalue weighted by Crippen LogP contribution is 2.27. The van der Waals surface area contributed by atoms with E-state index in [2.05, 4.69) is 19.1 Å². The highest BCUT2D eigenvalue weighted by molar-refractivity contribution is 5.73. The molecule has 1 rings (SSSR count). The Bertz CT molecular complexity index is 186. The third kappa shape index (κ3) is 2.68. The topological polar surface area (TPSA) is 43.1 Å². The molecule has 0 fully saturated rings. The van der Waals surface area contributed by atoms with E-state index in [0.717, 1.165) is 12.8 Å². The number of primary amides is 1. The second kappa shape index (κ2) is 4.29. The molecule has 1 amide bonds. The van der Waals surface area contributed by atoms with Crippen LogP contribution in [0.3, 0.4) is 0 Å². The molecule has 68 valence electrons. The van der Waals surface area contributed by atoms with Gasteiger partial charge in [0.15, 0.2) is 0 Å². The van der Waals surface area contributed by atoms with Gasteiger partial charge in [-0.25, -0.2) is 0 Å². The molecule has 0 radical (unpaired) electrons. The van der Waals surface area contributed by atoms with E-state index in [1.807, 2.05) is 0 Å². The Labute approximate surface area is 73.8 Å². The van der Waals surface area contributed by atoms with Gasteiger partial charge in [0, 0.05) is 6.42 Å². The molecule has 1 aliphatic rings. The van der Waals surface area contributed by atoms with Gasteiger partial charge in [0.05, 0.1) is 0 Å². The summed E-state index contributed by atoms with van der Waals surface area (Å²) in [5.74, 6) is 0.951. The molecule has 0 saturated heterocycles. The van der Waals surface area contributed by atoms with Crippen molar-refractivity contribution in [3.8, 4) is 0 Å². The molecule has 0 aromatic rings. The maximum absolute atomic E-state index is 10.7. The van der Waals surface area contributed by atoms with Crippen LogP contribution in [0, 0.1) is 11.8 Å². The zero-order chi connectivity index (χ0) is 8.97. The summed E-state index contributed by atoms with van der Waals surface area (Å²) in [4.78, 5) is 10.7. The molecule has 0 aliphatic heterocycles. The Balaban J connectivity index is 2.35. The molecule has 2 unspecified atom stereocenters. The zero-order valence-electron chi connectivity index (χ0n) is 7.62. The minimum Gasteiger partial charge on any atom is -0.370 e.